The van der Waals surface area contributed by atoms with Crippen LogP contribution < -0.4 is 0 Å². The third-order valence-electron chi connectivity index (χ3n) is 3.80. The first-order valence-corrected chi connectivity index (χ1v) is 6.64. The number of pyridine rings is 1. The number of alkyl halides is 3. The van der Waals surface area contributed by atoms with Crippen LogP contribution in [0.2, 0.25) is 0 Å². The van der Waals surface area contributed by atoms with E-state index >= 15 is 0 Å². The Bertz CT molecular complexity index is 616. The summed E-state index contributed by atoms with van der Waals surface area (Å²) in [5.74, 6) is -5.85. The Kier molecular flexibility index (Phi) is 4.12. The Balaban J connectivity index is 2.27. The summed E-state index contributed by atoms with van der Waals surface area (Å²) in [5, 5.41) is 8.96. The van der Waals surface area contributed by atoms with Crippen LogP contribution in [0.15, 0.2) is 12.1 Å². The molecule has 1 aliphatic heterocycles. The molecule has 1 N–H and O–H groups in total. The molecule has 0 radical (unpaired) electrons. The number of rotatable bonds is 2. The van der Waals surface area contributed by atoms with Gasteiger partial charge in [0.1, 0.15) is 0 Å². The van der Waals surface area contributed by atoms with Gasteiger partial charge in [-0.25, -0.2) is 0 Å². The van der Waals surface area contributed by atoms with Crippen molar-refractivity contribution >= 4 is 11.9 Å². The molecule has 5 nitrogen and oxygen atoms in total. The van der Waals surface area contributed by atoms with Crippen LogP contribution in [0.4, 0.5) is 13.2 Å². The lowest BCUT2D eigenvalue weighted by atomic mass is 9.96. The van der Waals surface area contributed by atoms with E-state index in [9.17, 15) is 22.8 Å². The second-order valence-corrected chi connectivity index (χ2v) is 5.39. The highest BCUT2D eigenvalue weighted by Gasteiger charge is 2.53. The molecule has 1 aromatic rings. The van der Waals surface area contributed by atoms with Gasteiger partial charge in [-0.2, -0.15) is 13.2 Å². The van der Waals surface area contributed by atoms with Crippen LogP contribution in [-0.2, 0) is 4.79 Å². The summed E-state index contributed by atoms with van der Waals surface area (Å²) in [7, 11) is 0. The highest BCUT2D eigenvalue weighted by molar-refractivity contribution is 5.95. The predicted octanol–water partition coefficient (Wildman–Crippen LogP) is 2.03. The van der Waals surface area contributed by atoms with E-state index in [4.69, 9.17) is 5.11 Å². The maximum Gasteiger partial charge on any atom is 0.394 e. The Morgan fingerprint density at radius 3 is 2.36 bits per heavy atom. The molecule has 120 valence electrons. The molecule has 2 heterocycles. The lowest BCUT2D eigenvalue weighted by Gasteiger charge is -2.19. The zero-order valence-electron chi connectivity index (χ0n) is 12.0. The van der Waals surface area contributed by atoms with E-state index in [0.29, 0.717) is 11.4 Å². The van der Waals surface area contributed by atoms with Crippen LogP contribution >= 0.6 is 0 Å². The topological polar surface area (TPSA) is 70.5 Å². The van der Waals surface area contributed by atoms with Crippen LogP contribution in [0.5, 0.6) is 0 Å². The van der Waals surface area contributed by atoms with E-state index < -0.39 is 43.0 Å². The van der Waals surface area contributed by atoms with Crippen LogP contribution in [0.25, 0.3) is 0 Å². The number of carbonyl (C=O) groups is 2. The first-order valence-electron chi connectivity index (χ1n) is 6.64. The highest BCUT2D eigenvalue weighted by Crippen LogP contribution is 2.38. The molecule has 0 aromatic carbocycles. The smallest absolute Gasteiger partial charge is 0.394 e. The first kappa shape index (κ1) is 16.3. The van der Waals surface area contributed by atoms with E-state index in [1.54, 1.807) is 19.9 Å². The van der Waals surface area contributed by atoms with Crippen molar-refractivity contribution in [3.63, 3.8) is 0 Å². The molecule has 8 heteroatoms. The number of nitrogens with zero attached hydrogens (tertiary/aromatic N) is 2. The number of halogens is 3. The van der Waals surface area contributed by atoms with Crippen molar-refractivity contribution in [1.29, 1.82) is 0 Å². The van der Waals surface area contributed by atoms with Gasteiger partial charge in [-0.05, 0) is 26.0 Å². The van der Waals surface area contributed by atoms with Crippen molar-refractivity contribution in [1.82, 2.24) is 9.88 Å². The first-order chi connectivity index (χ1) is 10.1. The fraction of sp³-hybridized carbons (Fsp3) is 0.500. The fourth-order valence-corrected chi connectivity index (χ4v) is 2.63. The molecule has 1 amide bonds. The van der Waals surface area contributed by atoms with E-state index in [0.717, 1.165) is 4.90 Å². The zero-order chi connectivity index (χ0) is 16.7. The van der Waals surface area contributed by atoms with Gasteiger partial charge in [-0.3, -0.25) is 14.6 Å². The number of carboxylic acid groups (broad SMARTS) is 1. The van der Waals surface area contributed by atoms with E-state index in [1.165, 1.54) is 6.07 Å². The summed E-state index contributed by atoms with van der Waals surface area (Å²) in [4.78, 5) is 28.4. The van der Waals surface area contributed by atoms with Gasteiger partial charge in [0.05, 0.1) is 23.1 Å². The second-order valence-electron chi connectivity index (χ2n) is 5.39. The fourth-order valence-electron chi connectivity index (χ4n) is 2.63. The van der Waals surface area contributed by atoms with Crippen molar-refractivity contribution in [2.45, 2.75) is 20.0 Å². The predicted molar refractivity (Wildman–Crippen MR) is 70.3 cm³/mol. The van der Waals surface area contributed by atoms with Crippen LogP contribution in [-0.4, -0.2) is 46.1 Å². The monoisotopic (exact) mass is 316 g/mol. The maximum absolute atomic E-state index is 12.9. The van der Waals surface area contributed by atoms with Crippen LogP contribution in [0.1, 0.15) is 21.7 Å². The van der Waals surface area contributed by atoms with Crippen molar-refractivity contribution < 1.29 is 27.9 Å². The van der Waals surface area contributed by atoms with Gasteiger partial charge in [0.2, 0.25) is 0 Å². The summed E-state index contributed by atoms with van der Waals surface area (Å²) < 4.78 is 38.8. The molecule has 1 aliphatic rings. The standard InChI is InChI=1S/C14H15F3N2O3/c1-7-3-4-9(8(2)18-7)12(20)19-5-10(13(21)22)11(6-19)14(15,16)17/h3-4,10-11H,5-6H2,1-2H3,(H,21,22)/t10-,11-/m1/s1. The molecule has 1 saturated heterocycles. The molecule has 2 atom stereocenters. The molecule has 2 rings (SSSR count). The van der Waals surface area contributed by atoms with Crippen LogP contribution in [0.3, 0.4) is 0 Å². The van der Waals surface area contributed by atoms with Crippen LogP contribution in [0, 0.1) is 25.7 Å². The largest absolute Gasteiger partial charge is 0.481 e. The molecule has 0 bridgehead atoms. The van der Waals surface area contributed by atoms with E-state index in [2.05, 4.69) is 4.98 Å². The zero-order valence-corrected chi connectivity index (χ0v) is 12.0. The summed E-state index contributed by atoms with van der Waals surface area (Å²) in [6.45, 7) is 2.22. The average molecular weight is 316 g/mol. The molecule has 1 fully saturated rings. The number of aryl methyl sites for hydroxylation is 2. The molecule has 0 aliphatic carbocycles. The van der Waals surface area contributed by atoms with Crippen molar-refractivity contribution in [2.75, 3.05) is 13.1 Å². The molecule has 0 unspecified atom stereocenters. The van der Waals surface area contributed by atoms with Crippen molar-refractivity contribution in [3.05, 3.63) is 29.1 Å². The minimum atomic E-state index is -4.65. The van der Waals surface area contributed by atoms with Crippen molar-refractivity contribution in [2.24, 2.45) is 11.8 Å². The quantitative estimate of drug-likeness (QED) is 0.906. The number of amides is 1. The number of aromatic nitrogens is 1. The van der Waals surface area contributed by atoms with Gasteiger partial charge < -0.3 is 10.0 Å². The minimum absolute atomic E-state index is 0.192. The minimum Gasteiger partial charge on any atom is -0.481 e. The molecular formula is C14H15F3N2O3. The number of hydrogen-bond acceptors (Lipinski definition) is 3. The van der Waals surface area contributed by atoms with E-state index in [-0.39, 0.29) is 5.56 Å². The van der Waals surface area contributed by atoms with Gasteiger partial charge in [0, 0.05) is 18.8 Å². The Hall–Kier alpha value is -2.12. The summed E-state index contributed by atoms with van der Waals surface area (Å²) in [5.41, 5.74) is 1.29. The highest BCUT2D eigenvalue weighted by atomic mass is 19.4. The normalized spacial score (nSPS) is 22.0. The Morgan fingerprint density at radius 1 is 1.27 bits per heavy atom. The Morgan fingerprint density at radius 2 is 1.91 bits per heavy atom. The van der Waals surface area contributed by atoms with Gasteiger partial charge in [-0.1, -0.05) is 0 Å². The molecule has 22 heavy (non-hydrogen) atoms. The Labute approximate surface area is 124 Å². The molecule has 0 spiro atoms. The summed E-state index contributed by atoms with van der Waals surface area (Å²) >= 11 is 0. The second kappa shape index (κ2) is 5.58. The number of carbonyl (C=O) groups excluding carboxylic acids is 1. The number of hydrogen-bond donors (Lipinski definition) is 1. The number of likely N-dealkylation sites (tertiary alicyclic amines) is 1. The summed E-state index contributed by atoms with van der Waals surface area (Å²) in [6.07, 6.45) is -4.65. The van der Waals surface area contributed by atoms with E-state index in [1.807, 2.05) is 0 Å². The van der Waals surface area contributed by atoms with Gasteiger partial charge >= 0.3 is 12.1 Å². The third kappa shape index (κ3) is 3.05. The number of carboxylic acids is 1. The third-order valence-corrected chi connectivity index (χ3v) is 3.80. The van der Waals surface area contributed by atoms with Gasteiger partial charge in [-0.15, -0.1) is 0 Å². The molecule has 0 saturated carbocycles. The molecule has 1 aromatic heterocycles. The summed E-state index contributed by atoms with van der Waals surface area (Å²) in [6, 6.07) is 3.09. The number of aliphatic carboxylic acids is 1. The van der Waals surface area contributed by atoms with Crippen molar-refractivity contribution in [3.8, 4) is 0 Å². The maximum atomic E-state index is 12.9. The van der Waals surface area contributed by atoms with Gasteiger partial charge in [0.15, 0.2) is 0 Å². The SMILES string of the molecule is Cc1ccc(C(=O)N2C[C@@H](C(F)(F)F)[C@H](C(=O)O)C2)c(C)n1. The lowest BCUT2D eigenvalue weighted by Crippen LogP contribution is -2.34. The van der Waals surface area contributed by atoms with Gasteiger partial charge in [0.25, 0.3) is 5.91 Å². The average Bonchev–Trinajstić information content (AvgIpc) is 2.83. The molecular weight excluding hydrogens is 301 g/mol. The lowest BCUT2D eigenvalue weighted by molar-refractivity contribution is -0.187.